The molecule has 0 radical (unpaired) electrons. The molecule has 2 unspecified atom stereocenters. The van der Waals surface area contributed by atoms with E-state index in [1.54, 1.807) is 0 Å². The van der Waals surface area contributed by atoms with Crippen molar-refractivity contribution in [1.29, 1.82) is 0 Å². The normalized spacial score (nSPS) is 34.1. The number of hydrogen-bond donors (Lipinski definition) is 1. The van der Waals surface area contributed by atoms with Crippen molar-refractivity contribution in [2.45, 2.75) is 37.8 Å². The lowest BCUT2D eigenvalue weighted by atomic mass is 10.1. The van der Waals surface area contributed by atoms with E-state index in [2.05, 4.69) is 4.90 Å². The Morgan fingerprint density at radius 2 is 2.27 bits per heavy atom. The molecule has 1 aliphatic carbocycles. The quantitative estimate of drug-likeness (QED) is 0.689. The van der Waals surface area contributed by atoms with Crippen LogP contribution in [0.25, 0.3) is 0 Å². The van der Waals surface area contributed by atoms with E-state index in [0.29, 0.717) is 12.5 Å². The molecule has 2 atom stereocenters. The fourth-order valence-electron chi connectivity index (χ4n) is 2.39. The Bertz CT molecular complexity index is 261. The maximum absolute atomic E-state index is 11.6. The molecule has 1 aliphatic heterocycles. The molecule has 1 N–H and O–H groups in total. The number of nitrogens with zero attached hydrogens (tertiary/aromatic N) is 1. The largest absolute Gasteiger partial charge is 0.468 e. The van der Waals surface area contributed by atoms with Crippen LogP contribution in [-0.2, 0) is 9.53 Å². The average Bonchev–Trinajstić information content (AvgIpc) is 2.92. The molecule has 15 heavy (non-hydrogen) atoms. The van der Waals surface area contributed by atoms with Gasteiger partial charge in [-0.3, -0.25) is 9.69 Å². The fourth-order valence-corrected chi connectivity index (χ4v) is 2.39. The third kappa shape index (κ3) is 2.32. The molecule has 86 valence electrons. The molecular weight excluding hydrogens is 194 g/mol. The zero-order valence-electron chi connectivity index (χ0n) is 9.40. The summed E-state index contributed by atoms with van der Waals surface area (Å²) < 4.78 is 4.83. The Hall–Kier alpha value is -0.610. The van der Waals surface area contributed by atoms with Crippen LogP contribution in [0.4, 0.5) is 0 Å². The first kappa shape index (κ1) is 10.9. The predicted octanol–water partition coefficient (Wildman–Crippen LogP) is 0.395. The van der Waals surface area contributed by atoms with Crippen LogP contribution in [0, 0.1) is 5.92 Å². The van der Waals surface area contributed by atoms with E-state index in [1.807, 2.05) is 6.92 Å². The summed E-state index contributed by atoms with van der Waals surface area (Å²) >= 11 is 0. The van der Waals surface area contributed by atoms with E-state index in [0.717, 1.165) is 25.8 Å². The van der Waals surface area contributed by atoms with E-state index in [-0.39, 0.29) is 12.0 Å². The highest BCUT2D eigenvalue weighted by atomic mass is 16.5. The van der Waals surface area contributed by atoms with Crippen molar-refractivity contribution in [3.05, 3.63) is 0 Å². The Labute approximate surface area is 90.2 Å². The first-order chi connectivity index (χ1) is 7.03. The molecule has 4 nitrogen and oxygen atoms in total. The van der Waals surface area contributed by atoms with Gasteiger partial charge in [0.1, 0.15) is 6.04 Å². The second-order valence-electron chi connectivity index (χ2n) is 5.02. The molecule has 0 amide bonds. The zero-order valence-corrected chi connectivity index (χ0v) is 9.40. The summed E-state index contributed by atoms with van der Waals surface area (Å²) in [5.41, 5.74) is -0.638. The van der Waals surface area contributed by atoms with Crippen molar-refractivity contribution in [2.24, 2.45) is 5.92 Å². The third-order valence-corrected chi connectivity index (χ3v) is 3.39. The van der Waals surface area contributed by atoms with Crippen molar-refractivity contribution in [2.75, 3.05) is 20.2 Å². The summed E-state index contributed by atoms with van der Waals surface area (Å²) in [5, 5.41) is 9.88. The monoisotopic (exact) mass is 213 g/mol. The predicted molar refractivity (Wildman–Crippen MR) is 55.3 cm³/mol. The lowest BCUT2D eigenvalue weighted by Crippen LogP contribution is -2.44. The van der Waals surface area contributed by atoms with Crippen LogP contribution in [0.1, 0.15) is 26.2 Å². The van der Waals surface area contributed by atoms with Crippen LogP contribution in [0.5, 0.6) is 0 Å². The second-order valence-corrected chi connectivity index (χ2v) is 5.02. The van der Waals surface area contributed by atoms with Crippen molar-refractivity contribution in [3.8, 4) is 0 Å². The highest BCUT2D eigenvalue weighted by molar-refractivity contribution is 5.76. The van der Waals surface area contributed by atoms with Gasteiger partial charge in [0.05, 0.1) is 12.7 Å². The van der Waals surface area contributed by atoms with Gasteiger partial charge >= 0.3 is 5.97 Å². The summed E-state index contributed by atoms with van der Waals surface area (Å²) in [4.78, 5) is 13.7. The van der Waals surface area contributed by atoms with Crippen LogP contribution >= 0.6 is 0 Å². The van der Waals surface area contributed by atoms with Gasteiger partial charge in [-0.15, -0.1) is 0 Å². The van der Waals surface area contributed by atoms with Crippen LogP contribution in [0.3, 0.4) is 0 Å². The summed E-state index contributed by atoms with van der Waals surface area (Å²) in [6.07, 6.45) is 2.96. The van der Waals surface area contributed by atoms with E-state index in [1.165, 1.54) is 7.11 Å². The standard InChI is InChI=1S/C11H19NO3/c1-11(14)5-6-12(7-11)9(8-3-4-8)10(13)15-2/h8-9,14H,3-7H2,1-2H3. The zero-order chi connectivity index (χ0) is 11.1. The van der Waals surface area contributed by atoms with Crippen molar-refractivity contribution in [1.82, 2.24) is 4.90 Å². The van der Waals surface area contributed by atoms with Gasteiger partial charge in [-0.2, -0.15) is 0 Å². The Balaban J connectivity index is 2.03. The maximum atomic E-state index is 11.6. The summed E-state index contributed by atoms with van der Waals surface area (Å²) in [6.45, 7) is 3.21. The molecule has 2 rings (SSSR count). The number of hydrogen-bond acceptors (Lipinski definition) is 4. The fraction of sp³-hybridized carbons (Fsp3) is 0.909. The number of ether oxygens (including phenoxy) is 1. The Morgan fingerprint density at radius 1 is 1.60 bits per heavy atom. The van der Waals surface area contributed by atoms with Gasteiger partial charge in [-0.25, -0.2) is 0 Å². The molecule has 2 aliphatic rings. The van der Waals surface area contributed by atoms with Crippen LogP contribution < -0.4 is 0 Å². The summed E-state index contributed by atoms with van der Waals surface area (Å²) in [6, 6.07) is -0.121. The number of rotatable bonds is 3. The third-order valence-electron chi connectivity index (χ3n) is 3.39. The number of β-amino-alcohol motifs (C(OH)–C–C–N with tert-alkyl or cyclic N) is 1. The van der Waals surface area contributed by atoms with Gasteiger partial charge in [0.25, 0.3) is 0 Å². The number of carbonyl (C=O) groups is 1. The van der Waals surface area contributed by atoms with Gasteiger partial charge in [-0.05, 0) is 32.1 Å². The van der Waals surface area contributed by atoms with E-state index in [4.69, 9.17) is 4.74 Å². The minimum atomic E-state index is -0.638. The molecular formula is C11H19NO3. The molecule has 4 heteroatoms. The highest BCUT2D eigenvalue weighted by Gasteiger charge is 2.45. The van der Waals surface area contributed by atoms with Gasteiger partial charge < -0.3 is 9.84 Å². The Kier molecular flexibility index (Phi) is 2.73. The summed E-state index contributed by atoms with van der Waals surface area (Å²) in [5.74, 6) is 0.307. The number of methoxy groups -OCH3 is 1. The van der Waals surface area contributed by atoms with Crippen LogP contribution in [-0.4, -0.2) is 47.8 Å². The minimum Gasteiger partial charge on any atom is -0.468 e. The number of likely N-dealkylation sites (tertiary alicyclic amines) is 1. The molecule has 0 aromatic heterocycles. The van der Waals surface area contributed by atoms with Crippen LogP contribution in [0.2, 0.25) is 0 Å². The maximum Gasteiger partial charge on any atom is 0.323 e. The molecule has 1 saturated heterocycles. The van der Waals surface area contributed by atoms with Gasteiger partial charge in [0.15, 0.2) is 0 Å². The van der Waals surface area contributed by atoms with Gasteiger partial charge in [0, 0.05) is 13.1 Å². The topological polar surface area (TPSA) is 49.8 Å². The molecule has 0 bridgehead atoms. The first-order valence-electron chi connectivity index (χ1n) is 5.58. The highest BCUT2D eigenvalue weighted by Crippen LogP contribution is 2.38. The van der Waals surface area contributed by atoms with Gasteiger partial charge in [0.2, 0.25) is 0 Å². The molecule has 1 heterocycles. The lowest BCUT2D eigenvalue weighted by Gasteiger charge is -2.26. The molecule has 0 aromatic carbocycles. The van der Waals surface area contributed by atoms with Crippen molar-refractivity contribution < 1.29 is 14.6 Å². The van der Waals surface area contributed by atoms with E-state index < -0.39 is 5.60 Å². The van der Waals surface area contributed by atoms with E-state index in [9.17, 15) is 9.90 Å². The van der Waals surface area contributed by atoms with Gasteiger partial charge in [-0.1, -0.05) is 0 Å². The average molecular weight is 213 g/mol. The number of carbonyl (C=O) groups excluding carboxylic acids is 1. The van der Waals surface area contributed by atoms with Crippen molar-refractivity contribution in [3.63, 3.8) is 0 Å². The molecule has 2 fully saturated rings. The number of aliphatic hydroxyl groups is 1. The molecule has 0 aromatic rings. The lowest BCUT2D eigenvalue weighted by molar-refractivity contribution is -0.147. The Morgan fingerprint density at radius 3 is 2.67 bits per heavy atom. The smallest absolute Gasteiger partial charge is 0.323 e. The van der Waals surface area contributed by atoms with Crippen LogP contribution in [0.15, 0.2) is 0 Å². The SMILES string of the molecule is COC(=O)C(C1CC1)N1CCC(C)(O)C1. The van der Waals surface area contributed by atoms with E-state index >= 15 is 0 Å². The second kappa shape index (κ2) is 3.76. The van der Waals surface area contributed by atoms with Crippen molar-refractivity contribution >= 4 is 5.97 Å². The number of esters is 1. The molecule has 0 spiro atoms. The summed E-state index contributed by atoms with van der Waals surface area (Å²) in [7, 11) is 1.44. The first-order valence-corrected chi connectivity index (χ1v) is 5.58. The molecule has 1 saturated carbocycles. The minimum absolute atomic E-state index is 0.121.